The second kappa shape index (κ2) is 11.0. The fraction of sp³-hybridized carbons (Fsp3) is 0.214. The summed E-state index contributed by atoms with van der Waals surface area (Å²) >= 11 is 2.82. The first-order chi connectivity index (χ1) is 18.8. The summed E-state index contributed by atoms with van der Waals surface area (Å²) in [4.78, 5) is 27.6. The molecule has 11 heteroatoms. The lowest BCUT2D eigenvalue weighted by molar-refractivity contribution is -0.115. The number of carbonyl (C=O) groups excluding carboxylic acids is 1. The minimum Gasteiger partial charge on any atom is -0.495 e. The molecule has 39 heavy (non-hydrogen) atoms. The van der Waals surface area contributed by atoms with Crippen molar-refractivity contribution in [1.29, 1.82) is 0 Å². The zero-order valence-electron chi connectivity index (χ0n) is 22.2. The molecule has 0 aliphatic rings. The van der Waals surface area contributed by atoms with E-state index in [-0.39, 0.29) is 17.2 Å². The van der Waals surface area contributed by atoms with Crippen molar-refractivity contribution in [2.24, 2.45) is 7.05 Å². The molecule has 3 heterocycles. The Morgan fingerprint density at radius 2 is 1.85 bits per heavy atom. The van der Waals surface area contributed by atoms with Gasteiger partial charge in [0.1, 0.15) is 11.4 Å². The Kier molecular flexibility index (Phi) is 7.45. The molecule has 0 aliphatic heterocycles. The monoisotopic (exact) mass is 560 g/mol. The Morgan fingerprint density at radius 1 is 1.08 bits per heavy atom. The molecule has 5 aromatic rings. The molecule has 1 amide bonds. The third-order valence-corrected chi connectivity index (χ3v) is 8.31. The molecule has 1 unspecified atom stereocenters. The molecule has 0 bridgehead atoms. The van der Waals surface area contributed by atoms with Gasteiger partial charge in [-0.25, -0.2) is 4.68 Å². The van der Waals surface area contributed by atoms with Gasteiger partial charge in [-0.3, -0.25) is 18.8 Å². The van der Waals surface area contributed by atoms with Gasteiger partial charge in [0, 0.05) is 7.05 Å². The van der Waals surface area contributed by atoms with E-state index in [4.69, 9.17) is 4.74 Å². The van der Waals surface area contributed by atoms with Crippen LogP contribution in [0.3, 0.4) is 0 Å². The van der Waals surface area contributed by atoms with Crippen LogP contribution in [-0.2, 0) is 11.8 Å². The molecule has 0 saturated carbocycles. The van der Waals surface area contributed by atoms with E-state index in [0.717, 1.165) is 21.8 Å². The van der Waals surface area contributed by atoms with Gasteiger partial charge in [-0.1, -0.05) is 42.1 Å². The third kappa shape index (κ3) is 5.02. The first-order valence-electron chi connectivity index (χ1n) is 12.3. The van der Waals surface area contributed by atoms with E-state index in [1.165, 1.54) is 16.4 Å². The second-order valence-corrected chi connectivity index (χ2v) is 11.2. The van der Waals surface area contributed by atoms with E-state index in [1.807, 2.05) is 84.5 Å². The Bertz CT molecular complexity index is 1690. The van der Waals surface area contributed by atoms with Crippen molar-refractivity contribution in [2.45, 2.75) is 31.2 Å². The number of amides is 1. The maximum absolute atomic E-state index is 13.4. The Morgan fingerprint density at radius 3 is 2.54 bits per heavy atom. The number of carbonyl (C=O) groups is 1. The predicted octanol–water partition coefficient (Wildman–Crippen LogP) is 5.23. The molecule has 0 aliphatic carbocycles. The van der Waals surface area contributed by atoms with E-state index < -0.39 is 5.25 Å². The van der Waals surface area contributed by atoms with Gasteiger partial charge >= 0.3 is 0 Å². The van der Waals surface area contributed by atoms with Crippen LogP contribution < -0.4 is 15.6 Å². The zero-order chi connectivity index (χ0) is 27.7. The molecule has 0 fully saturated rings. The standard InChI is InChI=1S/C28H28N6O3S2/c1-17-13-14-22(37-5)21(16-17)33-25(23-12-9-15-38-23)30-31-28(33)39-19(3)26(35)29-24-18(2)32(4)34(27(24)36)20-10-7-6-8-11-20/h6-16,19H,1-5H3,(H,29,35). The molecule has 2 aromatic carbocycles. The summed E-state index contributed by atoms with van der Waals surface area (Å²) in [6, 6.07) is 19.1. The van der Waals surface area contributed by atoms with E-state index in [2.05, 4.69) is 15.5 Å². The van der Waals surface area contributed by atoms with Crippen LogP contribution in [0.5, 0.6) is 5.75 Å². The maximum Gasteiger partial charge on any atom is 0.295 e. The van der Waals surface area contributed by atoms with Crippen LogP contribution in [-0.4, -0.2) is 42.4 Å². The van der Waals surface area contributed by atoms with Crippen LogP contribution in [0.1, 0.15) is 18.2 Å². The van der Waals surface area contributed by atoms with Gasteiger partial charge in [0.15, 0.2) is 11.0 Å². The minimum absolute atomic E-state index is 0.250. The summed E-state index contributed by atoms with van der Waals surface area (Å²) in [5, 5.41) is 13.7. The number of benzene rings is 2. The SMILES string of the molecule is COc1ccc(C)cc1-n1c(SC(C)C(=O)Nc2c(C)n(C)n(-c3ccccc3)c2=O)nnc1-c1cccs1. The lowest BCUT2D eigenvalue weighted by Gasteiger charge is -2.16. The van der Waals surface area contributed by atoms with Crippen molar-refractivity contribution >= 4 is 34.7 Å². The Labute approximate surface area is 234 Å². The fourth-order valence-electron chi connectivity index (χ4n) is 4.25. The van der Waals surface area contributed by atoms with E-state index in [0.29, 0.717) is 22.4 Å². The number of nitrogens with one attached hydrogen (secondary N) is 1. The van der Waals surface area contributed by atoms with Crippen LogP contribution in [0.25, 0.3) is 22.1 Å². The highest BCUT2D eigenvalue weighted by Crippen LogP contribution is 2.36. The summed E-state index contributed by atoms with van der Waals surface area (Å²) in [6.45, 7) is 5.60. The van der Waals surface area contributed by atoms with Gasteiger partial charge in [0.05, 0.1) is 34.3 Å². The summed E-state index contributed by atoms with van der Waals surface area (Å²) in [5.74, 6) is 1.02. The fourth-order valence-corrected chi connectivity index (χ4v) is 5.81. The second-order valence-electron chi connectivity index (χ2n) is 8.98. The van der Waals surface area contributed by atoms with Gasteiger partial charge in [0.25, 0.3) is 5.56 Å². The zero-order valence-corrected chi connectivity index (χ0v) is 23.8. The van der Waals surface area contributed by atoms with Crippen molar-refractivity contribution in [3.63, 3.8) is 0 Å². The van der Waals surface area contributed by atoms with E-state index in [9.17, 15) is 9.59 Å². The van der Waals surface area contributed by atoms with Crippen LogP contribution in [0.2, 0.25) is 0 Å². The van der Waals surface area contributed by atoms with E-state index in [1.54, 1.807) is 37.1 Å². The number of hydrogen-bond donors (Lipinski definition) is 1. The number of hydrogen-bond acceptors (Lipinski definition) is 7. The van der Waals surface area contributed by atoms with Gasteiger partial charge in [-0.2, -0.15) is 0 Å². The smallest absolute Gasteiger partial charge is 0.295 e. The summed E-state index contributed by atoms with van der Waals surface area (Å²) in [5.41, 5.74) is 3.16. The number of rotatable bonds is 8. The normalized spacial score (nSPS) is 11.9. The molecule has 200 valence electrons. The van der Waals surface area contributed by atoms with Gasteiger partial charge < -0.3 is 10.1 Å². The number of para-hydroxylation sites is 1. The van der Waals surface area contributed by atoms with Crippen molar-refractivity contribution in [2.75, 3.05) is 12.4 Å². The molecular weight excluding hydrogens is 532 g/mol. The number of thiophene rings is 1. The van der Waals surface area contributed by atoms with Gasteiger partial charge in [0.2, 0.25) is 5.91 Å². The van der Waals surface area contributed by atoms with Crippen LogP contribution >= 0.6 is 23.1 Å². The number of thioether (sulfide) groups is 1. The third-order valence-electron chi connectivity index (χ3n) is 6.40. The van der Waals surface area contributed by atoms with Gasteiger partial charge in [-0.05, 0) is 62.0 Å². The summed E-state index contributed by atoms with van der Waals surface area (Å²) in [7, 11) is 3.41. The Balaban J connectivity index is 1.47. The molecule has 0 saturated heterocycles. The number of nitrogens with zero attached hydrogens (tertiary/aromatic N) is 5. The first-order valence-corrected chi connectivity index (χ1v) is 14.0. The van der Waals surface area contributed by atoms with Crippen LogP contribution in [0.4, 0.5) is 5.69 Å². The van der Waals surface area contributed by atoms with Crippen LogP contribution in [0.15, 0.2) is 76.0 Å². The predicted molar refractivity (Wildman–Crippen MR) is 156 cm³/mol. The first kappa shape index (κ1) is 26.5. The van der Waals surface area contributed by atoms with Crippen molar-refractivity contribution in [1.82, 2.24) is 24.1 Å². The number of aryl methyl sites for hydroxylation is 1. The lowest BCUT2D eigenvalue weighted by Crippen LogP contribution is -2.27. The van der Waals surface area contributed by atoms with Crippen molar-refractivity contribution in [3.05, 3.63) is 87.7 Å². The van der Waals surface area contributed by atoms with Gasteiger partial charge in [-0.15, -0.1) is 21.5 Å². The van der Waals surface area contributed by atoms with Crippen molar-refractivity contribution < 1.29 is 9.53 Å². The molecular formula is C28H28N6O3S2. The molecule has 3 aromatic heterocycles. The Hall–Kier alpha value is -4.09. The molecule has 5 rings (SSSR count). The number of ether oxygens (including phenoxy) is 1. The van der Waals surface area contributed by atoms with E-state index >= 15 is 0 Å². The highest BCUT2D eigenvalue weighted by atomic mass is 32.2. The highest BCUT2D eigenvalue weighted by Gasteiger charge is 2.26. The lowest BCUT2D eigenvalue weighted by atomic mass is 10.2. The molecule has 1 N–H and O–H groups in total. The summed E-state index contributed by atoms with van der Waals surface area (Å²) < 4.78 is 10.9. The maximum atomic E-state index is 13.4. The highest BCUT2D eigenvalue weighted by molar-refractivity contribution is 8.00. The number of aromatic nitrogens is 5. The quantitative estimate of drug-likeness (QED) is 0.261. The minimum atomic E-state index is -0.580. The average Bonchev–Trinajstić information content (AvgIpc) is 3.65. The number of methoxy groups -OCH3 is 1. The number of anilines is 1. The molecule has 9 nitrogen and oxygen atoms in total. The summed E-state index contributed by atoms with van der Waals surface area (Å²) in [6.07, 6.45) is 0. The molecule has 1 atom stereocenters. The molecule has 0 radical (unpaired) electrons. The van der Waals surface area contributed by atoms with Crippen molar-refractivity contribution in [3.8, 4) is 27.8 Å². The van der Waals surface area contributed by atoms with Crippen LogP contribution in [0, 0.1) is 13.8 Å². The largest absolute Gasteiger partial charge is 0.495 e. The molecule has 0 spiro atoms. The topological polar surface area (TPSA) is 96.0 Å². The average molecular weight is 561 g/mol.